The first kappa shape index (κ1) is 15.2. The van der Waals surface area contributed by atoms with Gasteiger partial charge in [0.2, 0.25) is 0 Å². The van der Waals surface area contributed by atoms with Crippen LogP contribution in [-0.4, -0.2) is 20.9 Å². The van der Waals surface area contributed by atoms with Crippen LogP contribution in [0.5, 0.6) is 5.75 Å². The number of anilines is 1. The number of pyridine rings is 1. The molecule has 2 aromatic carbocycles. The highest BCUT2D eigenvalue weighted by Gasteiger charge is 2.19. The van der Waals surface area contributed by atoms with Gasteiger partial charge < -0.3 is 15.4 Å². The fourth-order valence-corrected chi connectivity index (χ4v) is 2.30. The minimum absolute atomic E-state index is 0.126. The Kier molecular flexibility index (Phi) is 3.70. The van der Waals surface area contributed by atoms with Crippen LogP contribution in [0.1, 0.15) is 10.4 Å². The van der Waals surface area contributed by atoms with Gasteiger partial charge in [-0.25, -0.2) is 0 Å². The van der Waals surface area contributed by atoms with E-state index in [1.807, 2.05) is 0 Å². The topological polar surface area (TPSA) is 125 Å². The molecule has 8 heteroatoms. The molecule has 120 valence electrons. The summed E-state index contributed by atoms with van der Waals surface area (Å²) in [6, 6.07) is 11.6. The molecule has 3 aromatic rings. The van der Waals surface area contributed by atoms with E-state index in [1.165, 1.54) is 24.3 Å². The van der Waals surface area contributed by atoms with Gasteiger partial charge in [0.25, 0.3) is 17.2 Å². The Labute approximate surface area is 134 Å². The van der Waals surface area contributed by atoms with Crippen molar-refractivity contribution in [1.29, 1.82) is 0 Å². The summed E-state index contributed by atoms with van der Waals surface area (Å²) in [5.74, 6) is -1.23. The third-order valence-corrected chi connectivity index (χ3v) is 3.46. The highest BCUT2D eigenvalue weighted by atomic mass is 16.6. The number of hydrogen-bond acceptors (Lipinski definition) is 5. The summed E-state index contributed by atoms with van der Waals surface area (Å²) >= 11 is 0. The van der Waals surface area contributed by atoms with Gasteiger partial charge in [-0.1, -0.05) is 12.1 Å². The molecule has 1 amide bonds. The predicted molar refractivity (Wildman–Crippen MR) is 87.3 cm³/mol. The van der Waals surface area contributed by atoms with Gasteiger partial charge in [-0.2, -0.15) is 0 Å². The number of rotatable bonds is 3. The van der Waals surface area contributed by atoms with E-state index < -0.39 is 27.7 Å². The fourth-order valence-electron chi connectivity index (χ4n) is 2.30. The highest BCUT2D eigenvalue weighted by Crippen LogP contribution is 2.25. The number of nitro groups is 1. The molecule has 1 aromatic heterocycles. The second-order valence-electron chi connectivity index (χ2n) is 4.98. The fraction of sp³-hybridized carbons (Fsp3) is 0. The summed E-state index contributed by atoms with van der Waals surface area (Å²) in [6.07, 6.45) is 0. The van der Waals surface area contributed by atoms with Gasteiger partial charge in [0, 0.05) is 23.2 Å². The number of aromatic hydroxyl groups is 1. The van der Waals surface area contributed by atoms with Crippen LogP contribution in [0.25, 0.3) is 10.9 Å². The first-order chi connectivity index (χ1) is 11.5. The lowest BCUT2D eigenvalue weighted by Crippen LogP contribution is -2.23. The van der Waals surface area contributed by atoms with E-state index in [-0.39, 0.29) is 11.4 Å². The Morgan fingerprint density at radius 3 is 2.46 bits per heavy atom. The number of nitrogens with zero attached hydrogens (tertiary/aromatic N) is 1. The quantitative estimate of drug-likeness (QED) is 0.503. The minimum atomic E-state index is -0.812. The number of fused-ring (bicyclic) bond motifs is 1. The molecule has 0 saturated carbocycles. The van der Waals surface area contributed by atoms with Crippen molar-refractivity contribution in [2.45, 2.75) is 0 Å². The number of carbonyl (C=O) groups excluding carboxylic acids is 1. The summed E-state index contributed by atoms with van der Waals surface area (Å²) in [7, 11) is 0. The van der Waals surface area contributed by atoms with Crippen molar-refractivity contribution < 1.29 is 14.8 Å². The average molecular weight is 325 g/mol. The lowest BCUT2D eigenvalue weighted by Gasteiger charge is -2.08. The molecule has 1 heterocycles. The maximum absolute atomic E-state index is 12.3. The molecular weight excluding hydrogens is 314 g/mol. The number of aromatic nitrogens is 1. The van der Waals surface area contributed by atoms with Gasteiger partial charge in [0.15, 0.2) is 0 Å². The summed E-state index contributed by atoms with van der Waals surface area (Å²) in [5.41, 5.74) is -0.610. The lowest BCUT2D eigenvalue weighted by atomic mass is 10.1. The second kappa shape index (κ2) is 5.84. The van der Waals surface area contributed by atoms with Crippen LogP contribution in [0, 0.1) is 10.1 Å². The largest absolute Gasteiger partial charge is 0.506 e. The maximum Gasteiger partial charge on any atom is 0.269 e. The molecule has 0 aliphatic rings. The first-order valence-corrected chi connectivity index (χ1v) is 6.87. The molecule has 0 fully saturated rings. The molecule has 0 unspecified atom stereocenters. The zero-order chi connectivity index (χ0) is 17.3. The summed E-state index contributed by atoms with van der Waals surface area (Å²) < 4.78 is 0. The van der Waals surface area contributed by atoms with Crippen LogP contribution >= 0.6 is 0 Å². The standard InChI is InChI=1S/C16H11N3O5/c20-14-11-3-1-2-4-12(11)18-16(22)13(14)15(21)17-9-5-7-10(8-6-9)19(23)24/h1-8H,(H,17,21)(H2,18,20,22). The van der Waals surface area contributed by atoms with E-state index in [9.17, 15) is 24.8 Å². The number of nitro benzene ring substituents is 1. The van der Waals surface area contributed by atoms with Crippen molar-refractivity contribution in [2.24, 2.45) is 0 Å². The molecule has 0 bridgehead atoms. The number of non-ortho nitro benzene ring substituents is 1. The van der Waals surface area contributed by atoms with Crippen molar-refractivity contribution in [2.75, 3.05) is 5.32 Å². The maximum atomic E-state index is 12.3. The molecule has 3 N–H and O–H groups in total. The van der Waals surface area contributed by atoms with E-state index in [2.05, 4.69) is 10.3 Å². The number of hydrogen-bond donors (Lipinski definition) is 3. The van der Waals surface area contributed by atoms with Crippen molar-refractivity contribution in [3.8, 4) is 5.75 Å². The second-order valence-corrected chi connectivity index (χ2v) is 4.98. The van der Waals surface area contributed by atoms with E-state index >= 15 is 0 Å². The van der Waals surface area contributed by atoms with Gasteiger partial charge in [0.1, 0.15) is 11.3 Å². The molecule has 3 rings (SSSR count). The van der Waals surface area contributed by atoms with Gasteiger partial charge in [-0.15, -0.1) is 0 Å². The number of H-pyrrole nitrogens is 1. The third-order valence-electron chi connectivity index (χ3n) is 3.46. The number of para-hydroxylation sites is 1. The molecular formula is C16H11N3O5. The molecule has 0 radical (unpaired) electrons. The predicted octanol–water partition coefficient (Wildman–Crippen LogP) is 2.39. The van der Waals surface area contributed by atoms with E-state index in [1.54, 1.807) is 24.3 Å². The molecule has 0 atom stereocenters. The SMILES string of the molecule is O=C(Nc1ccc([N+](=O)[O-])cc1)c1c(O)c2ccccc2[nH]c1=O. The molecule has 0 spiro atoms. The van der Waals surface area contributed by atoms with Gasteiger partial charge in [0.05, 0.1) is 10.4 Å². The Morgan fingerprint density at radius 1 is 1.12 bits per heavy atom. The Balaban J connectivity index is 1.97. The average Bonchev–Trinajstić information content (AvgIpc) is 2.55. The Morgan fingerprint density at radius 2 is 1.79 bits per heavy atom. The van der Waals surface area contributed by atoms with Crippen LogP contribution in [0.3, 0.4) is 0 Å². The number of carbonyl (C=O) groups is 1. The normalized spacial score (nSPS) is 10.5. The van der Waals surface area contributed by atoms with E-state index in [0.717, 1.165) is 0 Å². The molecule has 8 nitrogen and oxygen atoms in total. The van der Waals surface area contributed by atoms with Crippen LogP contribution < -0.4 is 10.9 Å². The molecule has 24 heavy (non-hydrogen) atoms. The molecule has 0 aliphatic carbocycles. The number of amides is 1. The van der Waals surface area contributed by atoms with Crippen LogP contribution in [0.15, 0.2) is 53.3 Å². The lowest BCUT2D eigenvalue weighted by molar-refractivity contribution is -0.384. The van der Waals surface area contributed by atoms with Crippen LogP contribution in [0.2, 0.25) is 0 Å². The molecule has 0 aliphatic heterocycles. The van der Waals surface area contributed by atoms with Gasteiger partial charge in [-0.3, -0.25) is 19.7 Å². The van der Waals surface area contributed by atoms with E-state index in [0.29, 0.717) is 10.9 Å². The van der Waals surface area contributed by atoms with Gasteiger partial charge in [-0.05, 0) is 24.3 Å². The summed E-state index contributed by atoms with van der Waals surface area (Å²) in [4.78, 5) is 36.9. The number of aromatic amines is 1. The Hall–Kier alpha value is -3.68. The zero-order valence-corrected chi connectivity index (χ0v) is 12.1. The Bertz CT molecular complexity index is 1010. The summed E-state index contributed by atoms with van der Waals surface area (Å²) in [5, 5.41) is 23.6. The van der Waals surface area contributed by atoms with Crippen molar-refractivity contribution >= 4 is 28.2 Å². The number of nitrogens with one attached hydrogen (secondary N) is 2. The monoisotopic (exact) mass is 325 g/mol. The minimum Gasteiger partial charge on any atom is -0.506 e. The van der Waals surface area contributed by atoms with Crippen molar-refractivity contribution in [3.63, 3.8) is 0 Å². The number of benzene rings is 2. The van der Waals surface area contributed by atoms with Crippen LogP contribution in [0.4, 0.5) is 11.4 Å². The summed E-state index contributed by atoms with van der Waals surface area (Å²) in [6.45, 7) is 0. The highest BCUT2D eigenvalue weighted by molar-refractivity contribution is 6.08. The smallest absolute Gasteiger partial charge is 0.269 e. The van der Waals surface area contributed by atoms with E-state index in [4.69, 9.17) is 0 Å². The van der Waals surface area contributed by atoms with Crippen molar-refractivity contribution in [3.05, 3.63) is 74.6 Å². The molecule has 0 saturated heterocycles. The van der Waals surface area contributed by atoms with Crippen LogP contribution in [-0.2, 0) is 0 Å². The third kappa shape index (κ3) is 2.68. The zero-order valence-electron chi connectivity index (χ0n) is 12.1. The van der Waals surface area contributed by atoms with Gasteiger partial charge >= 0.3 is 0 Å². The first-order valence-electron chi connectivity index (χ1n) is 6.87. The van der Waals surface area contributed by atoms with Crippen molar-refractivity contribution in [1.82, 2.24) is 4.98 Å².